The number of nitrogens with one attached hydrogen (secondary N) is 1. The molecule has 0 atom stereocenters. The molecule has 0 spiro atoms. The summed E-state index contributed by atoms with van der Waals surface area (Å²) in [6, 6.07) is 16.6. The average Bonchev–Trinajstić information content (AvgIpc) is 2.91. The number of benzene rings is 2. The number of aromatic nitrogens is 3. The minimum Gasteiger partial charge on any atom is -0.449 e. The van der Waals surface area contributed by atoms with E-state index in [1.54, 1.807) is 30.3 Å². The van der Waals surface area contributed by atoms with Gasteiger partial charge in [0.05, 0.1) is 24.5 Å². The van der Waals surface area contributed by atoms with Crippen molar-refractivity contribution in [3.8, 4) is 28.7 Å². The largest absolute Gasteiger partial charge is 0.449 e. The normalized spacial score (nSPS) is 11.4. The molecule has 2 aromatic heterocycles. The van der Waals surface area contributed by atoms with Crippen molar-refractivity contribution in [3.63, 3.8) is 0 Å². The second-order valence-electron chi connectivity index (χ2n) is 9.26. The van der Waals surface area contributed by atoms with Crippen LogP contribution in [0.25, 0.3) is 11.1 Å². The van der Waals surface area contributed by atoms with Crippen LogP contribution in [-0.4, -0.2) is 14.5 Å². The Morgan fingerprint density at radius 3 is 2.51 bits per heavy atom. The Labute approximate surface area is 228 Å². The minimum absolute atomic E-state index is 0.0545. The third-order valence-electron chi connectivity index (χ3n) is 6.25. The number of H-pyrrole nitrogens is 1. The number of halogens is 3. The zero-order chi connectivity index (χ0) is 28.3. The minimum atomic E-state index is -3.49. The van der Waals surface area contributed by atoms with Gasteiger partial charge in [-0.2, -0.15) is 14.0 Å². The fourth-order valence-corrected chi connectivity index (χ4v) is 4.30. The van der Waals surface area contributed by atoms with Gasteiger partial charge in [-0.05, 0) is 41.8 Å². The first-order valence-electron chi connectivity index (χ1n) is 12.2. The summed E-state index contributed by atoms with van der Waals surface area (Å²) in [5, 5.41) is 9.40. The zero-order valence-corrected chi connectivity index (χ0v) is 22.2. The van der Waals surface area contributed by atoms with Crippen molar-refractivity contribution in [1.29, 1.82) is 5.26 Å². The highest BCUT2D eigenvalue weighted by molar-refractivity contribution is 6.30. The molecule has 0 aliphatic rings. The number of hydrogen-bond acceptors (Lipinski definition) is 5. The van der Waals surface area contributed by atoms with E-state index in [-0.39, 0.29) is 28.4 Å². The van der Waals surface area contributed by atoms with Gasteiger partial charge in [0.15, 0.2) is 5.69 Å². The van der Waals surface area contributed by atoms with Gasteiger partial charge in [-0.15, -0.1) is 0 Å². The molecule has 7 nitrogen and oxygen atoms in total. The molecule has 0 saturated carbocycles. The highest BCUT2D eigenvalue weighted by atomic mass is 35.5. The van der Waals surface area contributed by atoms with Gasteiger partial charge >= 0.3 is 0 Å². The molecular formula is C29H25ClF2N4O3. The summed E-state index contributed by atoms with van der Waals surface area (Å²) in [6.07, 6.45) is 1.51. The molecule has 0 radical (unpaired) electrons. The van der Waals surface area contributed by atoms with Gasteiger partial charge in [-0.1, -0.05) is 62.7 Å². The van der Waals surface area contributed by atoms with Gasteiger partial charge in [0.2, 0.25) is 5.75 Å². The Kier molecular flexibility index (Phi) is 7.98. The number of nitriles is 1. The van der Waals surface area contributed by atoms with Crippen molar-refractivity contribution in [2.45, 2.75) is 39.7 Å². The number of aromatic amines is 1. The monoisotopic (exact) mass is 550 g/mol. The number of ether oxygens (including phenoxy) is 1. The van der Waals surface area contributed by atoms with Crippen molar-refractivity contribution in [2.75, 3.05) is 0 Å². The molecule has 4 aromatic rings. The molecule has 39 heavy (non-hydrogen) atoms. The zero-order valence-electron chi connectivity index (χ0n) is 21.5. The molecule has 1 N–H and O–H groups in total. The summed E-state index contributed by atoms with van der Waals surface area (Å²) in [5.74, 6) is -5.40. The topological polar surface area (TPSA) is 101 Å². The predicted molar refractivity (Wildman–Crippen MR) is 144 cm³/mol. The van der Waals surface area contributed by atoms with Crippen molar-refractivity contribution in [2.24, 2.45) is 5.92 Å². The second kappa shape index (κ2) is 11.2. The van der Waals surface area contributed by atoms with E-state index in [0.29, 0.717) is 28.8 Å². The van der Waals surface area contributed by atoms with Crippen LogP contribution in [0.5, 0.6) is 11.5 Å². The lowest BCUT2D eigenvalue weighted by atomic mass is 10.0. The molecule has 0 aliphatic heterocycles. The van der Waals surface area contributed by atoms with Crippen LogP contribution in [0.3, 0.4) is 0 Å². The van der Waals surface area contributed by atoms with Crippen molar-refractivity contribution in [1.82, 2.24) is 14.5 Å². The van der Waals surface area contributed by atoms with Crippen LogP contribution < -0.4 is 15.9 Å². The van der Waals surface area contributed by atoms with Gasteiger partial charge in [0.25, 0.3) is 17.0 Å². The van der Waals surface area contributed by atoms with Crippen LogP contribution in [0, 0.1) is 17.2 Å². The van der Waals surface area contributed by atoms with Crippen molar-refractivity contribution in [3.05, 3.63) is 109 Å². The predicted octanol–water partition coefficient (Wildman–Crippen LogP) is 6.27. The lowest BCUT2D eigenvalue weighted by molar-refractivity contribution is -0.0573. The summed E-state index contributed by atoms with van der Waals surface area (Å²) in [5.41, 5.74) is 0.491. The highest BCUT2D eigenvalue weighted by Crippen LogP contribution is 2.39. The van der Waals surface area contributed by atoms with Gasteiger partial charge in [-0.3, -0.25) is 14.2 Å². The van der Waals surface area contributed by atoms with E-state index >= 15 is 8.78 Å². The SMILES string of the molecule is CCc1[nH]c(=O)c(-c2ccccc2)cc1Cn1cnc(C(F)(F)C(C)C)c(Oc2cc(Cl)cc(C#N)c2)c1=O. The molecule has 0 saturated heterocycles. The number of pyridine rings is 1. The first-order chi connectivity index (χ1) is 18.5. The van der Waals surface area contributed by atoms with Crippen LogP contribution >= 0.6 is 11.6 Å². The smallest absolute Gasteiger partial charge is 0.297 e. The average molecular weight is 551 g/mol. The second-order valence-corrected chi connectivity index (χ2v) is 9.69. The Morgan fingerprint density at radius 1 is 1.15 bits per heavy atom. The van der Waals surface area contributed by atoms with Gasteiger partial charge in [0, 0.05) is 22.2 Å². The third kappa shape index (κ3) is 5.76. The molecule has 2 aromatic carbocycles. The van der Waals surface area contributed by atoms with E-state index in [1.165, 1.54) is 32.0 Å². The molecule has 0 unspecified atom stereocenters. The number of rotatable bonds is 8. The maximum absolute atomic E-state index is 15.2. The third-order valence-corrected chi connectivity index (χ3v) is 6.47. The molecule has 0 amide bonds. The number of nitrogens with zero attached hydrogens (tertiary/aromatic N) is 3. The summed E-state index contributed by atoms with van der Waals surface area (Å²) in [4.78, 5) is 33.2. The van der Waals surface area contributed by atoms with Gasteiger partial charge in [-0.25, -0.2) is 4.98 Å². The fourth-order valence-electron chi connectivity index (χ4n) is 4.07. The number of alkyl halides is 2. The molecule has 4 rings (SSSR count). The Hall–Kier alpha value is -4.29. The molecule has 200 valence electrons. The van der Waals surface area contributed by atoms with E-state index in [4.69, 9.17) is 16.3 Å². The quantitative estimate of drug-likeness (QED) is 0.278. The maximum Gasteiger partial charge on any atom is 0.297 e. The molecule has 10 heteroatoms. The number of aryl methyl sites for hydroxylation is 1. The van der Waals surface area contributed by atoms with Crippen molar-refractivity contribution < 1.29 is 13.5 Å². The van der Waals surface area contributed by atoms with Gasteiger partial charge < -0.3 is 9.72 Å². The summed E-state index contributed by atoms with van der Waals surface area (Å²) in [6.45, 7) is 4.41. The first kappa shape index (κ1) is 27.7. The van der Waals surface area contributed by atoms with Crippen LogP contribution in [0.2, 0.25) is 5.02 Å². The van der Waals surface area contributed by atoms with E-state index in [1.807, 2.05) is 19.1 Å². The number of hydrogen-bond donors (Lipinski definition) is 1. The van der Waals surface area contributed by atoms with Crippen LogP contribution in [-0.2, 0) is 18.9 Å². The molecular weight excluding hydrogens is 526 g/mol. The molecule has 0 aliphatic carbocycles. The first-order valence-corrected chi connectivity index (χ1v) is 12.6. The fraction of sp³-hybridized carbons (Fsp3) is 0.241. The molecule has 0 bridgehead atoms. The van der Waals surface area contributed by atoms with Crippen molar-refractivity contribution >= 4 is 11.6 Å². The van der Waals surface area contributed by atoms with E-state index in [2.05, 4.69) is 9.97 Å². The Balaban J connectivity index is 1.86. The Morgan fingerprint density at radius 2 is 1.87 bits per heavy atom. The summed E-state index contributed by atoms with van der Waals surface area (Å²) < 4.78 is 37.2. The van der Waals surface area contributed by atoms with E-state index < -0.39 is 28.8 Å². The molecule has 2 heterocycles. The van der Waals surface area contributed by atoms with Crippen LogP contribution in [0.1, 0.15) is 43.3 Å². The van der Waals surface area contributed by atoms with Gasteiger partial charge in [0.1, 0.15) is 5.75 Å². The van der Waals surface area contributed by atoms with Crippen LogP contribution in [0.4, 0.5) is 8.78 Å². The summed E-state index contributed by atoms with van der Waals surface area (Å²) in [7, 11) is 0. The lowest BCUT2D eigenvalue weighted by Crippen LogP contribution is -2.31. The van der Waals surface area contributed by atoms with Crippen LogP contribution in [0.15, 0.2) is 70.5 Å². The Bertz CT molecular complexity index is 1680. The lowest BCUT2D eigenvalue weighted by Gasteiger charge is -2.23. The van der Waals surface area contributed by atoms with E-state index in [9.17, 15) is 14.9 Å². The highest BCUT2D eigenvalue weighted by Gasteiger charge is 2.42. The van der Waals surface area contributed by atoms with E-state index in [0.717, 1.165) is 10.9 Å². The summed E-state index contributed by atoms with van der Waals surface area (Å²) >= 11 is 6.06. The standard InChI is InChI=1S/C29H25ClF2N4O3/c1-4-24-20(12-23(27(37)35-24)19-8-6-5-7-9-19)15-36-16-34-26(29(31,32)17(2)3)25(28(36)38)39-22-11-18(14-33)10-21(30)13-22/h5-13,16-17H,4,15H2,1-3H3,(H,35,37). The maximum atomic E-state index is 15.2. The molecule has 0 fully saturated rings.